The first-order valence-electron chi connectivity index (χ1n) is 6.36. The highest BCUT2D eigenvalue weighted by molar-refractivity contribution is 5.74. The normalized spacial score (nSPS) is 20.3. The van der Waals surface area contributed by atoms with Crippen molar-refractivity contribution in [1.29, 1.82) is 0 Å². The summed E-state index contributed by atoms with van der Waals surface area (Å²) < 4.78 is 15.8. The fourth-order valence-electron chi connectivity index (χ4n) is 2.12. The van der Waals surface area contributed by atoms with Crippen molar-refractivity contribution in [2.75, 3.05) is 13.4 Å². The fourth-order valence-corrected chi connectivity index (χ4v) is 2.12. The molecule has 1 unspecified atom stereocenters. The van der Waals surface area contributed by atoms with Crippen molar-refractivity contribution in [2.24, 2.45) is 0 Å². The van der Waals surface area contributed by atoms with Gasteiger partial charge in [0.15, 0.2) is 11.5 Å². The molecule has 1 aromatic carbocycles. The van der Waals surface area contributed by atoms with Gasteiger partial charge in [-0.2, -0.15) is 0 Å². The molecule has 6 heteroatoms. The van der Waals surface area contributed by atoms with Crippen LogP contribution in [0.3, 0.4) is 0 Å². The molecule has 0 aliphatic carbocycles. The van der Waals surface area contributed by atoms with Gasteiger partial charge >= 0.3 is 6.03 Å². The Kier molecular flexibility index (Phi) is 3.41. The van der Waals surface area contributed by atoms with Gasteiger partial charge in [-0.05, 0) is 30.5 Å². The summed E-state index contributed by atoms with van der Waals surface area (Å²) in [5, 5.41) is 5.56. The summed E-state index contributed by atoms with van der Waals surface area (Å²) in [6.45, 7) is 1.41. The van der Waals surface area contributed by atoms with Crippen molar-refractivity contribution in [2.45, 2.75) is 25.6 Å². The minimum Gasteiger partial charge on any atom is -0.454 e. The number of carbonyl (C=O) groups excluding carboxylic acids is 1. The van der Waals surface area contributed by atoms with Crippen molar-refractivity contribution < 1.29 is 19.0 Å². The largest absolute Gasteiger partial charge is 0.454 e. The molecule has 1 saturated heterocycles. The van der Waals surface area contributed by atoms with Crippen LogP contribution in [-0.2, 0) is 11.3 Å². The van der Waals surface area contributed by atoms with Crippen molar-refractivity contribution in [3.05, 3.63) is 23.8 Å². The Bertz CT molecular complexity index is 472. The number of benzene rings is 1. The quantitative estimate of drug-likeness (QED) is 0.864. The Balaban J connectivity index is 1.50. The molecule has 2 amide bonds. The maximum atomic E-state index is 11.6. The molecule has 1 aromatic rings. The molecule has 2 aliphatic heterocycles. The lowest BCUT2D eigenvalue weighted by Gasteiger charge is -2.12. The molecule has 0 aromatic heterocycles. The molecule has 2 aliphatic rings. The third-order valence-electron chi connectivity index (χ3n) is 3.11. The zero-order valence-electron chi connectivity index (χ0n) is 10.5. The molecule has 6 nitrogen and oxygen atoms in total. The second-order valence-electron chi connectivity index (χ2n) is 4.52. The maximum absolute atomic E-state index is 11.6. The zero-order valence-corrected chi connectivity index (χ0v) is 10.5. The van der Waals surface area contributed by atoms with Gasteiger partial charge in [0.05, 0.1) is 0 Å². The second-order valence-corrected chi connectivity index (χ2v) is 4.52. The van der Waals surface area contributed by atoms with Gasteiger partial charge in [-0.1, -0.05) is 6.07 Å². The van der Waals surface area contributed by atoms with Crippen LogP contribution in [0, 0.1) is 0 Å². The standard InChI is InChI=1S/C13H16N2O4/c16-13(15-12-2-1-5-17-12)14-7-9-3-4-10-11(6-9)19-8-18-10/h3-4,6,12H,1-2,5,7-8H2,(H2,14,15,16). The van der Waals surface area contributed by atoms with E-state index in [-0.39, 0.29) is 19.1 Å². The van der Waals surface area contributed by atoms with Gasteiger partial charge in [-0.3, -0.25) is 0 Å². The van der Waals surface area contributed by atoms with Gasteiger partial charge in [0.2, 0.25) is 6.79 Å². The summed E-state index contributed by atoms with van der Waals surface area (Å²) >= 11 is 0. The molecule has 3 rings (SSSR count). The van der Waals surface area contributed by atoms with Gasteiger partial charge in [0, 0.05) is 13.2 Å². The number of amides is 2. The highest BCUT2D eigenvalue weighted by Crippen LogP contribution is 2.32. The third-order valence-corrected chi connectivity index (χ3v) is 3.11. The predicted octanol–water partition coefficient (Wildman–Crippen LogP) is 1.35. The lowest BCUT2D eigenvalue weighted by atomic mass is 10.2. The van der Waals surface area contributed by atoms with E-state index in [1.807, 2.05) is 18.2 Å². The number of carbonyl (C=O) groups is 1. The van der Waals surface area contributed by atoms with E-state index in [0.29, 0.717) is 13.2 Å². The van der Waals surface area contributed by atoms with Crippen LogP contribution in [0.25, 0.3) is 0 Å². The van der Waals surface area contributed by atoms with Crippen molar-refractivity contribution >= 4 is 6.03 Å². The topological polar surface area (TPSA) is 68.8 Å². The average molecular weight is 264 g/mol. The Labute approximate surface area is 111 Å². The number of hydrogen-bond acceptors (Lipinski definition) is 4. The van der Waals surface area contributed by atoms with Crippen molar-refractivity contribution in [3.8, 4) is 11.5 Å². The van der Waals surface area contributed by atoms with Gasteiger partial charge in [0.1, 0.15) is 6.23 Å². The third kappa shape index (κ3) is 2.90. The summed E-state index contributed by atoms with van der Waals surface area (Å²) in [6, 6.07) is 5.40. The van der Waals surface area contributed by atoms with E-state index in [1.165, 1.54) is 0 Å². The van der Waals surface area contributed by atoms with Gasteiger partial charge in [0.25, 0.3) is 0 Å². The maximum Gasteiger partial charge on any atom is 0.317 e. The van der Waals surface area contributed by atoms with Crippen LogP contribution in [0.2, 0.25) is 0 Å². The van der Waals surface area contributed by atoms with E-state index in [2.05, 4.69) is 10.6 Å². The van der Waals surface area contributed by atoms with Crippen LogP contribution in [0.4, 0.5) is 4.79 Å². The number of nitrogens with one attached hydrogen (secondary N) is 2. The predicted molar refractivity (Wildman–Crippen MR) is 66.9 cm³/mol. The lowest BCUT2D eigenvalue weighted by molar-refractivity contribution is 0.0907. The van der Waals surface area contributed by atoms with Crippen LogP contribution < -0.4 is 20.1 Å². The van der Waals surface area contributed by atoms with E-state index >= 15 is 0 Å². The van der Waals surface area contributed by atoms with Crippen LogP contribution in [-0.4, -0.2) is 25.7 Å². The molecular formula is C13H16N2O4. The van der Waals surface area contributed by atoms with E-state index in [0.717, 1.165) is 29.9 Å². The summed E-state index contributed by atoms with van der Waals surface area (Å²) in [5.74, 6) is 1.46. The van der Waals surface area contributed by atoms with E-state index in [4.69, 9.17) is 14.2 Å². The Morgan fingerprint density at radius 1 is 1.32 bits per heavy atom. The first-order chi connectivity index (χ1) is 9.31. The molecule has 0 radical (unpaired) electrons. The van der Waals surface area contributed by atoms with E-state index < -0.39 is 0 Å². The second kappa shape index (κ2) is 5.36. The Morgan fingerprint density at radius 2 is 2.21 bits per heavy atom. The van der Waals surface area contributed by atoms with Crippen molar-refractivity contribution in [1.82, 2.24) is 10.6 Å². The number of fused-ring (bicyclic) bond motifs is 1. The van der Waals surface area contributed by atoms with Crippen LogP contribution in [0.15, 0.2) is 18.2 Å². The number of rotatable bonds is 3. The molecular weight excluding hydrogens is 248 g/mol. The molecule has 2 N–H and O–H groups in total. The van der Waals surface area contributed by atoms with E-state index in [9.17, 15) is 4.79 Å². The van der Waals surface area contributed by atoms with Gasteiger partial charge in [-0.25, -0.2) is 4.79 Å². The first-order valence-corrected chi connectivity index (χ1v) is 6.36. The first kappa shape index (κ1) is 12.1. The lowest BCUT2D eigenvalue weighted by Crippen LogP contribution is -2.41. The Hall–Kier alpha value is -1.95. The van der Waals surface area contributed by atoms with Crippen LogP contribution in [0.5, 0.6) is 11.5 Å². The van der Waals surface area contributed by atoms with Crippen molar-refractivity contribution in [3.63, 3.8) is 0 Å². The number of urea groups is 1. The zero-order chi connectivity index (χ0) is 13.1. The Morgan fingerprint density at radius 3 is 3.05 bits per heavy atom. The summed E-state index contributed by atoms with van der Waals surface area (Å²) in [5.41, 5.74) is 0.965. The molecule has 1 atom stereocenters. The highest BCUT2D eigenvalue weighted by Gasteiger charge is 2.17. The SMILES string of the molecule is O=C(NCc1ccc2c(c1)OCO2)NC1CCCO1. The molecule has 0 spiro atoms. The number of hydrogen-bond donors (Lipinski definition) is 2. The van der Waals surface area contributed by atoms with Gasteiger partial charge in [-0.15, -0.1) is 0 Å². The smallest absolute Gasteiger partial charge is 0.317 e. The summed E-state index contributed by atoms with van der Waals surface area (Å²) in [7, 11) is 0. The summed E-state index contributed by atoms with van der Waals surface area (Å²) in [4.78, 5) is 11.6. The fraction of sp³-hybridized carbons (Fsp3) is 0.462. The number of ether oxygens (including phenoxy) is 3. The minimum atomic E-state index is -0.218. The molecule has 2 heterocycles. The monoisotopic (exact) mass is 264 g/mol. The van der Waals surface area contributed by atoms with E-state index in [1.54, 1.807) is 0 Å². The minimum absolute atomic E-state index is 0.156. The van der Waals surface area contributed by atoms with Gasteiger partial charge < -0.3 is 24.8 Å². The highest BCUT2D eigenvalue weighted by atomic mass is 16.7. The molecule has 102 valence electrons. The molecule has 1 fully saturated rings. The average Bonchev–Trinajstić information content (AvgIpc) is 3.06. The molecule has 0 bridgehead atoms. The van der Waals surface area contributed by atoms with Crippen LogP contribution in [0.1, 0.15) is 18.4 Å². The summed E-state index contributed by atoms with van der Waals surface area (Å²) in [6.07, 6.45) is 1.71. The molecule has 19 heavy (non-hydrogen) atoms. The van der Waals surface area contributed by atoms with Crippen LogP contribution >= 0.6 is 0 Å². The molecule has 0 saturated carbocycles.